The third-order valence-electron chi connectivity index (χ3n) is 4.02. The molecule has 2 N–H and O–H groups in total. The summed E-state index contributed by atoms with van der Waals surface area (Å²) in [6.45, 7) is 4.39. The first-order valence-corrected chi connectivity index (χ1v) is 7.47. The van der Waals surface area contributed by atoms with Gasteiger partial charge in [-0.3, -0.25) is 4.90 Å². The van der Waals surface area contributed by atoms with E-state index in [0.717, 1.165) is 24.6 Å². The zero-order valence-electron chi connectivity index (χ0n) is 11.1. The molecule has 2 fully saturated rings. The van der Waals surface area contributed by atoms with Gasteiger partial charge in [0.1, 0.15) is 4.88 Å². The number of nitrogens with zero attached hydrogens (tertiary/aromatic N) is 2. The molecule has 19 heavy (non-hydrogen) atoms. The minimum Gasteiger partial charge on any atom is -0.465 e. The van der Waals surface area contributed by atoms with Gasteiger partial charge < -0.3 is 15.4 Å². The van der Waals surface area contributed by atoms with E-state index in [0.29, 0.717) is 16.6 Å². The Morgan fingerprint density at radius 2 is 2.32 bits per heavy atom. The number of methoxy groups -OCH3 is 1. The van der Waals surface area contributed by atoms with Crippen molar-refractivity contribution in [2.75, 3.05) is 43.9 Å². The van der Waals surface area contributed by atoms with E-state index in [1.807, 2.05) is 6.07 Å². The molecule has 0 saturated carbocycles. The maximum Gasteiger partial charge on any atom is 0.350 e. The van der Waals surface area contributed by atoms with Crippen LogP contribution < -0.4 is 10.6 Å². The van der Waals surface area contributed by atoms with Crippen molar-refractivity contribution < 1.29 is 9.53 Å². The molecule has 0 aromatic carbocycles. The highest BCUT2D eigenvalue weighted by atomic mass is 32.1. The number of carbonyl (C=O) groups is 1. The standard InChI is InChI=1S/C13H19N3O2S/c1-18-13(17)12-10(14)7-11(19-12)16-6-5-15-4-2-3-9(15)8-16/h7,9H,2-6,8,14H2,1H3. The summed E-state index contributed by atoms with van der Waals surface area (Å²) in [5.41, 5.74) is 6.43. The van der Waals surface area contributed by atoms with Crippen molar-refractivity contribution in [2.24, 2.45) is 0 Å². The van der Waals surface area contributed by atoms with Crippen LogP contribution >= 0.6 is 11.3 Å². The van der Waals surface area contributed by atoms with Crippen LogP contribution in [0.5, 0.6) is 0 Å². The number of piperazine rings is 1. The number of anilines is 2. The lowest BCUT2D eigenvalue weighted by Crippen LogP contribution is -2.49. The van der Waals surface area contributed by atoms with E-state index >= 15 is 0 Å². The van der Waals surface area contributed by atoms with Crippen LogP contribution in [-0.4, -0.2) is 50.2 Å². The molecule has 0 bridgehead atoms. The molecule has 1 aromatic rings. The summed E-state index contributed by atoms with van der Waals surface area (Å²) in [4.78, 5) is 17.0. The largest absolute Gasteiger partial charge is 0.465 e. The molecule has 104 valence electrons. The van der Waals surface area contributed by atoms with E-state index in [1.165, 1.54) is 37.8 Å². The summed E-state index contributed by atoms with van der Waals surface area (Å²) in [7, 11) is 1.39. The zero-order chi connectivity index (χ0) is 13.4. The van der Waals surface area contributed by atoms with Gasteiger partial charge >= 0.3 is 5.97 Å². The molecule has 5 nitrogen and oxygen atoms in total. The van der Waals surface area contributed by atoms with Crippen LogP contribution in [0.2, 0.25) is 0 Å². The molecule has 3 rings (SSSR count). The van der Waals surface area contributed by atoms with Gasteiger partial charge in [-0.1, -0.05) is 0 Å². The smallest absolute Gasteiger partial charge is 0.350 e. The molecule has 1 aromatic heterocycles. The van der Waals surface area contributed by atoms with Crippen LogP contribution in [0.15, 0.2) is 6.07 Å². The molecule has 1 unspecified atom stereocenters. The summed E-state index contributed by atoms with van der Waals surface area (Å²) in [6.07, 6.45) is 2.58. The second-order valence-electron chi connectivity index (χ2n) is 5.14. The predicted octanol–water partition coefficient (Wildman–Crippen LogP) is 1.40. The van der Waals surface area contributed by atoms with Crippen LogP contribution in [0, 0.1) is 0 Å². The minimum absolute atomic E-state index is 0.340. The lowest BCUT2D eigenvalue weighted by atomic mass is 10.1. The molecular formula is C13H19N3O2S. The fourth-order valence-corrected chi connectivity index (χ4v) is 4.02. The second-order valence-corrected chi connectivity index (χ2v) is 6.17. The van der Waals surface area contributed by atoms with Crippen LogP contribution in [-0.2, 0) is 4.74 Å². The Kier molecular flexibility index (Phi) is 3.36. The molecule has 6 heteroatoms. The van der Waals surface area contributed by atoms with E-state index in [1.54, 1.807) is 0 Å². The van der Waals surface area contributed by atoms with Crippen LogP contribution in [0.3, 0.4) is 0 Å². The van der Waals surface area contributed by atoms with Gasteiger partial charge in [-0.05, 0) is 25.5 Å². The van der Waals surface area contributed by atoms with Crippen molar-refractivity contribution in [3.63, 3.8) is 0 Å². The van der Waals surface area contributed by atoms with Gasteiger partial charge in [0.2, 0.25) is 0 Å². The third-order valence-corrected chi connectivity index (χ3v) is 5.21. The normalized spacial score (nSPS) is 23.4. The van der Waals surface area contributed by atoms with Crippen molar-refractivity contribution in [2.45, 2.75) is 18.9 Å². The van der Waals surface area contributed by atoms with Gasteiger partial charge in [-0.15, -0.1) is 11.3 Å². The van der Waals surface area contributed by atoms with Gasteiger partial charge in [-0.25, -0.2) is 4.79 Å². The molecule has 0 spiro atoms. The Labute approximate surface area is 116 Å². The number of rotatable bonds is 2. The summed E-state index contributed by atoms with van der Waals surface area (Å²) >= 11 is 1.44. The highest BCUT2D eigenvalue weighted by Gasteiger charge is 2.31. The number of thiophene rings is 1. The summed E-state index contributed by atoms with van der Waals surface area (Å²) < 4.78 is 4.75. The number of hydrogen-bond donors (Lipinski definition) is 1. The van der Waals surface area contributed by atoms with Crippen LogP contribution in [0.1, 0.15) is 22.5 Å². The fraction of sp³-hybridized carbons (Fsp3) is 0.615. The Morgan fingerprint density at radius 3 is 3.11 bits per heavy atom. The van der Waals surface area contributed by atoms with Crippen molar-refractivity contribution in [3.8, 4) is 0 Å². The molecule has 0 radical (unpaired) electrons. The molecule has 2 aliphatic rings. The molecule has 0 aliphatic carbocycles. The van der Waals surface area contributed by atoms with E-state index < -0.39 is 0 Å². The van der Waals surface area contributed by atoms with E-state index in [-0.39, 0.29) is 5.97 Å². The number of fused-ring (bicyclic) bond motifs is 1. The maximum atomic E-state index is 11.6. The Hall–Kier alpha value is -1.27. The molecule has 2 aliphatic heterocycles. The van der Waals surface area contributed by atoms with E-state index in [2.05, 4.69) is 9.80 Å². The summed E-state index contributed by atoms with van der Waals surface area (Å²) in [6, 6.07) is 2.57. The van der Waals surface area contributed by atoms with Gasteiger partial charge in [0.25, 0.3) is 0 Å². The number of ether oxygens (including phenoxy) is 1. The van der Waals surface area contributed by atoms with Gasteiger partial charge in [-0.2, -0.15) is 0 Å². The SMILES string of the molecule is COC(=O)c1sc(N2CCN3CCCC3C2)cc1N. The molecule has 2 saturated heterocycles. The third kappa shape index (κ3) is 2.30. The summed E-state index contributed by atoms with van der Waals surface area (Å²) in [5.74, 6) is -0.340. The fourth-order valence-electron chi connectivity index (χ4n) is 2.99. The van der Waals surface area contributed by atoms with Gasteiger partial charge in [0.05, 0.1) is 17.8 Å². The lowest BCUT2D eigenvalue weighted by Gasteiger charge is -2.38. The van der Waals surface area contributed by atoms with Crippen LogP contribution in [0.4, 0.5) is 10.7 Å². The van der Waals surface area contributed by atoms with Crippen molar-refractivity contribution in [1.29, 1.82) is 0 Å². The first-order valence-electron chi connectivity index (χ1n) is 6.65. The lowest BCUT2D eigenvalue weighted by molar-refractivity contribution is 0.0607. The first-order chi connectivity index (χ1) is 9.19. The maximum absolute atomic E-state index is 11.6. The second kappa shape index (κ2) is 5.02. The molecular weight excluding hydrogens is 262 g/mol. The monoisotopic (exact) mass is 281 g/mol. The topological polar surface area (TPSA) is 58.8 Å². The first kappa shape index (κ1) is 12.7. The Bertz CT molecular complexity index is 488. The van der Waals surface area contributed by atoms with Crippen molar-refractivity contribution in [3.05, 3.63) is 10.9 Å². The molecule has 1 atom stereocenters. The number of carbonyl (C=O) groups excluding carboxylic acids is 1. The number of nitrogens with two attached hydrogens (primary N) is 1. The highest BCUT2D eigenvalue weighted by molar-refractivity contribution is 7.18. The van der Waals surface area contributed by atoms with E-state index in [9.17, 15) is 4.79 Å². The van der Waals surface area contributed by atoms with Gasteiger partial charge in [0, 0.05) is 25.7 Å². The summed E-state index contributed by atoms with van der Waals surface area (Å²) in [5, 5.41) is 1.09. The number of esters is 1. The number of nitrogen functional groups attached to an aromatic ring is 1. The Balaban J connectivity index is 1.77. The Morgan fingerprint density at radius 1 is 1.47 bits per heavy atom. The zero-order valence-corrected chi connectivity index (χ0v) is 11.9. The highest BCUT2D eigenvalue weighted by Crippen LogP contribution is 2.35. The average molecular weight is 281 g/mol. The molecule has 0 amide bonds. The van der Waals surface area contributed by atoms with Crippen molar-refractivity contribution >= 4 is 28.0 Å². The van der Waals surface area contributed by atoms with Crippen molar-refractivity contribution in [1.82, 2.24) is 4.90 Å². The van der Waals surface area contributed by atoms with Crippen LogP contribution in [0.25, 0.3) is 0 Å². The number of hydrogen-bond acceptors (Lipinski definition) is 6. The predicted molar refractivity (Wildman–Crippen MR) is 76.9 cm³/mol. The minimum atomic E-state index is -0.340. The van der Waals surface area contributed by atoms with Gasteiger partial charge in [0.15, 0.2) is 0 Å². The van der Waals surface area contributed by atoms with E-state index in [4.69, 9.17) is 10.5 Å². The average Bonchev–Trinajstić information content (AvgIpc) is 3.03. The molecule has 3 heterocycles. The quantitative estimate of drug-likeness (QED) is 0.830.